The number of sulfonamides is 1. The van der Waals surface area contributed by atoms with Crippen LogP contribution < -0.4 is 14.5 Å². The molecule has 0 heterocycles. The van der Waals surface area contributed by atoms with Crippen LogP contribution in [0.25, 0.3) is 0 Å². The number of aryl methyl sites for hydroxylation is 1. The molecule has 0 aromatic heterocycles. The topological polar surface area (TPSA) is 131 Å². The molecule has 0 saturated carbocycles. The zero-order valence-corrected chi connectivity index (χ0v) is 20.2. The van der Waals surface area contributed by atoms with Crippen LogP contribution in [0.1, 0.15) is 18.1 Å². The van der Waals surface area contributed by atoms with Crippen molar-refractivity contribution in [3.8, 4) is 5.75 Å². The van der Waals surface area contributed by atoms with Gasteiger partial charge >= 0.3 is 0 Å². The van der Waals surface area contributed by atoms with Crippen molar-refractivity contribution in [3.63, 3.8) is 0 Å². The van der Waals surface area contributed by atoms with Crippen LogP contribution in [-0.4, -0.2) is 38.6 Å². The number of ether oxygens (including phenoxy) is 1. The minimum absolute atomic E-state index is 0.0306. The van der Waals surface area contributed by atoms with Crippen LogP contribution in [0.3, 0.4) is 0 Å². The average Bonchev–Trinajstić information content (AvgIpc) is 2.86. The van der Waals surface area contributed by atoms with Crippen LogP contribution in [0.15, 0.2) is 82.8 Å². The Balaban J connectivity index is 1.87. The second-order valence-electron chi connectivity index (χ2n) is 7.56. The van der Waals surface area contributed by atoms with Crippen LogP contribution in [0.5, 0.6) is 5.75 Å². The molecule has 35 heavy (non-hydrogen) atoms. The minimum atomic E-state index is -4.08. The third-order valence-corrected chi connectivity index (χ3v) is 6.87. The first-order chi connectivity index (χ1) is 16.6. The molecule has 1 N–H and O–H groups in total. The van der Waals surface area contributed by atoms with E-state index in [9.17, 15) is 23.3 Å². The lowest BCUT2D eigenvalue weighted by Gasteiger charge is -2.24. The molecule has 3 aromatic rings. The van der Waals surface area contributed by atoms with Gasteiger partial charge < -0.3 is 4.74 Å². The molecule has 1 amide bonds. The monoisotopic (exact) mass is 496 g/mol. The molecule has 0 saturated heterocycles. The lowest BCUT2D eigenvalue weighted by atomic mass is 10.1. The van der Waals surface area contributed by atoms with Gasteiger partial charge in [-0.25, -0.2) is 13.8 Å². The van der Waals surface area contributed by atoms with E-state index >= 15 is 0 Å². The van der Waals surface area contributed by atoms with E-state index in [4.69, 9.17) is 4.74 Å². The fourth-order valence-corrected chi connectivity index (χ4v) is 4.54. The largest absolute Gasteiger partial charge is 0.497 e. The summed E-state index contributed by atoms with van der Waals surface area (Å²) >= 11 is 0. The first-order valence-electron chi connectivity index (χ1n) is 10.4. The van der Waals surface area contributed by atoms with E-state index in [2.05, 4.69) is 10.5 Å². The highest BCUT2D eigenvalue weighted by Crippen LogP contribution is 2.26. The van der Waals surface area contributed by atoms with Crippen molar-refractivity contribution in [1.29, 1.82) is 0 Å². The average molecular weight is 497 g/mol. The van der Waals surface area contributed by atoms with Gasteiger partial charge in [-0.3, -0.25) is 19.2 Å². The Morgan fingerprint density at radius 3 is 2.34 bits per heavy atom. The zero-order chi connectivity index (χ0) is 25.6. The van der Waals surface area contributed by atoms with Gasteiger partial charge in [0.25, 0.3) is 21.6 Å². The van der Waals surface area contributed by atoms with Gasteiger partial charge in [0, 0.05) is 17.7 Å². The zero-order valence-electron chi connectivity index (χ0n) is 19.3. The maximum Gasteiger partial charge on any atom is 0.270 e. The highest BCUT2D eigenvalue weighted by molar-refractivity contribution is 7.92. The molecule has 0 unspecified atom stereocenters. The number of carbonyl (C=O) groups excluding carboxylic acids is 1. The molecule has 0 radical (unpaired) electrons. The number of methoxy groups -OCH3 is 1. The molecule has 0 atom stereocenters. The van der Waals surface area contributed by atoms with Gasteiger partial charge in [0.1, 0.15) is 12.3 Å². The second-order valence-corrected chi connectivity index (χ2v) is 9.42. The first-order valence-corrected chi connectivity index (χ1v) is 11.9. The van der Waals surface area contributed by atoms with E-state index in [0.717, 1.165) is 9.87 Å². The number of non-ortho nitro benzene ring substituents is 1. The number of nitrogens with zero attached hydrogens (tertiary/aromatic N) is 3. The molecule has 0 aliphatic rings. The molecule has 10 nitrogen and oxygen atoms in total. The Morgan fingerprint density at radius 1 is 1.09 bits per heavy atom. The molecular formula is C24H24N4O6S. The second kappa shape index (κ2) is 10.8. The number of nitro benzene ring substituents is 1. The molecule has 11 heteroatoms. The van der Waals surface area contributed by atoms with Crippen LogP contribution in [0.2, 0.25) is 0 Å². The third kappa shape index (κ3) is 6.21. The third-order valence-electron chi connectivity index (χ3n) is 5.08. The van der Waals surface area contributed by atoms with Gasteiger partial charge in [-0.1, -0.05) is 29.8 Å². The Kier molecular flexibility index (Phi) is 7.82. The standard InChI is InChI=1S/C24H24N4O6S/c1-17-7-13-23(14-8-17)35(32,33)27(20-9-11-22(34-3)12-10-20)16-24(29)26-25-18(2)19-5-4-6-21(15-19)28(30)31/h4-15H,16H2,1-3H3,(H,26,29)/b25-18-. The number of anilines is 1. The van der Waals surface area contributed by atoms with Crippen LogP contribution in [0.4, 0.5) is 11.4 Å². The summed E-state index contributed by atoms with van der Waals surface area (Å²) in [6.07, 6.45) is 0. The summed E-state index contributed by atoms with van der Waals surface area (Å²) in [6, 6.07) is 18.4. The molecule has 3 rings (SSSR count). The highest BCUT2D eigenvalue weighted by Gasteiger charge is 2.27. The molecule has 0 bridgehead atoms. The summed E-state index contributed by atoms with van der Waals surface area (Å²) in [7, 11) is -2.59. The van der Waals surface area contributed by atoms with Gasteiger partial charge in [0.05, 0.1) is 28.3 Å². The predicted octanol–water partition coefficient (Wildman–Crippen LogP) is 3.65. The van der Waals surface area contributed by atoms with Crippen LogP contribution in [-0.2, 0) is 14.8 Å². The number of hydrogen-bond donors (Lipinski definition) is 1. The van der Waals surface area contributed by atoms with E-state index in [1.54, 1.807) is 37.3 Å². The fraction of sp³-hybridized carbons (Fsp3) is 0.167. The first kappa shape index (κ1) is 25.4. The summed E-state index contributed by atoms with van der Waals surface area (Å²) in [5.41, 5.74) is 4.14. The summed E-state index contributed by atoms with van der Waals surface area (Å²) in [6.45, 7) is 2.87. The number of benzene rings is 3. The summed E-state index contributed by atoms with van der Waals surface area (Å²) in [5, 5.41) is 15.0. The van der Waals surface area contributed by atoms with Crippen molar-refractivity contribution in [3.05, 3.63) is 94.0 Å². The van der Waals surface area contributed by atoms with Gasteiger partial charge in [-0.2, -0.15) is 5.10 Å². The van der Waals surface area contributed by atoms with E-state index in [-0.39, 0.29) is 16.3 Å². The highest BCUT2D eigenvalue weighted by atomic mass is 32.2. The molecule has 0 spiro atoms. The molecule has 0 fully saturated rings. The number of hydrazone groups is 1. The molecular weight excluding hydrogens is 472 g/mol. The number of carbonyl (C=O) groups is 1. The Labute approximate surface area is 203 Å². The maximum absolute atomic E-state index is 13.4. The predicted molar refractivity (Wildman–Crippen MR) is 132 cm³/mol. The smallest absolute Gasteiger partial charge is 0.270 e. The van der Waals surface area contributed by atoms with Gasteiger partial charge in [-0.05, 0) is 50.2 Å². The number of amides is 1. The Hall–Kier alpha value is -4.25. The molecule has 182 valence electrons. The summed E-state index contributed by atoms with van der Waals surface area (Å²) in [5.74, 6) is -0.163. The fourth-order valence-electron chi connectivity index (χ4n) is 3.12. The van der Waals surface area contributed by atoms with Crippen molar-refractivity contribution in [2.45, 2.75) is 18.7 Å². The Morgan fingerprint density at radius 2 is 1.74 bits per heavy atom. The van der Waals surface area contributed by atoms with Crippen molar-refractivity contribution >= 4 is 33.0 Å². The van der Waals surface area contributed by atoms with E-state index in [0.29, 0.717) is 17.0 Å². The molecule has 3 aromatic carbocycles. The molecule has 0 aliphatic heterocycles. The van der Waals surface area contributed by atoms with Crippen molar-refractivity contribution in [2.75, 3.05) is 18.0 Å². The number of rotatable bonds is 9. The molecule has 0 aliphatic carbocycles. The van der Waals surface area contributed by atoms with Gasteiger partial charge in [-0.15, -0.1) is 0 Å². The van der Waals surface area contributed by atoms with E-state index < -0.39 is 27.4 Å². The minimum Gasteiger partial charge on any atom is -0.497 e. The number of nitrogens with one attached hydrogen (secondary N) is 1. The van der Waals surface area contributed by atoms with Gasteiger partial charge in [0.2, 0.25) is 0 Å². The maximum atomic E-state index is 13.4. The summed E-state index contributed by atoms with van der Waals surface area (Å²) in [4.78, 5) is 23.2. The van der Waals surface area contributed by atoms with E-state index in [1.807, 2.05) is 6.92 Å². The normalized spacial score (nSPS) is 11.6. The summed E-state index contributed by atoms with van der Waals surface area (Å²) < 4.78 is 32.9. The van der Waals surface area contributed by atoms with Crippen molar-refractivity contribution in [2.24, 2.45) is 5.10 Å². The number of hydrogen-bond acceptors (Lipinski definition) is 7. The van der Waals surface area contributed by atoms with Crippen LogP contribution >= 0.6 is 0 Å². The SMILES string of the molecule is COc1ccc(N(CC(=O)N/N=C(/C)c2cccc([N+](=O)[O-])c2)S(=O)(=O)c2ccc(C)cc2)cc1. The van der Waals surface area contributed by atoms with E-state index in [1.165, 1.54) is 49.6 Å². The quantitative estimate of drug-likeness (QED) is 0.273. The van der Waals surface area contributed by atoms with Crippen LogP contribution in [0, 0.1) is 17.0 Å². The lowest BCUT2D eigenvalue weighted by Crippen LogP contribution is -2.39. The Bertz CT molecular complexity index is 1350. The lowest BCUT2D eigenvalue weighted by molar-refractivity contribution is -0.384. The van der Waals surface area contributed by atoms with Crippen molar-refractivity contribution in [1.82, 2.24) is 5.43 Å². The van der Waals surface area contributed by atoms with Gasteiger partial charge in [0.15, 0.2) is 0 Å². The van der Waals surface area contributed by atoms with Crippen molar-refractivity contribution < 1.29 is 22.9 Å². The number of nitro groups is 1.